The second-order valence-corrected chi connectivity index (χ2v) is 6.43. The Kier molecular flexibility index (Phi) is 7.21. The molecule has 7 heteroatoms. The highest BCUT2D eigenvalue weighted by atomic mass is 35.5. The molecule has 0 aliphatic rings. The van der Waals surface area contributed by atoms with Gasteiger partial charge < -0.3 is 14.8 Å². The number of hydrogen-bond donors (Lipinski definition) is 1. The molecule has 0 unspecified atom stereocenters. The number of hydrogen-bond acceptors (Lipinski definition) is 5. The lowest BCUT2D eigenvalue weighted by atomic mass is 10.0. The molecule has 2 aromatic rings. The molecule has 0 radical (unpaired) electrons. The summed E-state index contributed by atoms with van der Waals surface area (Å²) in [6.45, 7) is 3.43. The molecule has 0 spiro atoms. The van der Waals surface area contributed by atoms with E-state index in [0.717, 1.165) is 0 Å². The van der Waals surface area contributed by atoms with Crippen molar-refractivity contribution in [3.05, 3.63) is 58.6 Å². The number of benzene rings is 2. The van der Waals surface area contributed by atoms with Crippen LogP contribution in [0.4, 0.5) is 5.69 Å². The first kappa shape index (κ1) is 20.3. The van der Waals surface area contributed by atoms with Crippen molar-refractivity contribution in [1.82, 2.24) is 0 Å². The Balaban J connectivity index is 1.75. The van der Waals surface area contributed by atoms with Crippen LogP contribution in [-0.4, -0.2) is 25.1 Å². The van der Waals surface area contributed by atoms with E-state index in [1.807, 2.05) is 18.2 Å². The lowest BCUT2D eigenvalue weighted by Gasteiger charge is -2.09. The normalized spacial score (nSPS) is 10.2. The molecule has 1 amide bonds. The van der Waals surface area contributed by atoms with Gasteiger partial charge in [0.05, 0.1) is 10.6 Å². The Labute approximate surface area is 162 Å². The van der Waals surface area contributed by atoms with E-state index in [2.05, 4.69) is 19.2 Å². The summed E-state index contributed by atoms with van der Waals surface area (Å²) >= 11 is 5.89. The topological polar surface area (TPSA) is 88.4 Å². The van der Waals surface area contributed by atoms with Crippen molar-refractivity contribution in [2.45, 2.75) is 19.8 Å². The van der Waals surface area contributed by atoms with Gasteiger partial charge in [-0.15, -0.1) is 0 Å². The first-order chi connectivity index (χ1) is 12.9. The Bertz CT molecular complexity index is 857. The van der Waals surface area contributed by atoms with E-state index >= 15 is 0 Å². The minimum atomic E-state index is -0.657. The zero-order chi connectivity index (χ0) is 19.8. The fourth-order valence-electron chi connectivity index (χ4n) is 2.16. The van der Waals surface area contributed by atoms with Crippen LogP contribution in [0.25, 0.3) is 0 Å². The minimum absolute atomic E-state index is 0.226. The third-order valence-electron chi connectivity index (χ3n) is 3.64. The van der Waals surface area contributed by atoms with Crippen LogP contribution in [0.1, 0.15) is 30.9 Å². The van der Waals surface area contributed by atoms with E-state index in [-0.39, 0.29) is 11.6 Å². The standard InChI is InChI=1S/C20H19ClN2O4/c1-13(2)14-4-7-17(8-5-14)26-12-20(25)27-11-19(24)23-16-6-3-15(10-22)18(21)9-16/h3-9,13H,11-12H2,1-2H3,(H,23,24). The van der Waals surface area contributed by atoms with Gasteiger partial charge in [0, 0.05) is 5.69 Å². The molecule has 0 aromatic heterocycles. The Morgan fingerprint density at radius 3 is 2.44 bits per heavy atom. The zero-order valence-electron chi connectivity index (χ0n) is 15.0. The Morgan fingerprint density at radius 1 is 1.15 bits per heavy atom. The molecule has 0 fully saturated rings. The molecule has 1 N–H and O–H groups in total. The van der Waals surface area contributed by atoms with Gasteiger partial charge in [-0.05, 0) is 41.8 Å². The van der Waals surface area contributed by atoms with Crippen molar-refractivity contribution in [2.24, 2.45) is 0 Å². The monoisotopic (exact) mass is 386 g/mol. The summed E-state index contributed by atoms with van der Waals surface area (Å²) in [4.78, 5) is 23.5. The lowest BCUT2D eigenvalue weighted by Crippen LogP contribution is -2.23. The van der Waals surface area contributed by atoms with Crippen LogP contribution in [0.2, 0.25) is 5.02 Å². The van der Waals surface area contributed by atoms with Gasteiger partial charge >= 0.3 is 5.97 Å². The number of ether oxygens (including phenoxy) is 2. The third-order valence-corrected chi connectivity index (χ3v) is 3.95. The fraction of sp³-hybridized carbons (Fsp3) is 0.250. The minimum Gasteiger partial charge on any atom is -0.482 e. The number of nitriles is 1. The molecule has 0 heterocycles. The average Bonchev–Trinajstić information content (AvgIpc) is 2.65. The van der Waals surface area contributed by atoms with Crippen LogP contribution in [-0.2, 0) is 14.3 Å². The van der Waals surface area contributed by atoms with E-state index in [1.54, 1.807) is 12.1 Å². The summed E-state index contributed by atoms with van der Waals surface area (Å²) in [7, 11) is 0. The van der Waals surface area contributed by atoms with Crippen LogP contribution < -0.4 is 10.1 Å². The molecule has 2 rings (SSSR count). The van der Waals surface area contributed by atoms with Crippen molar-refractivity contribution in [3.63, 3.8) is 0 Å². The van der Waals surface area contributed by atoms with E-state index in [0.29, 0.717) is 22.9 Å². The molecule has 2 aromatic carbocycles. The number of nitrogens with zero attached hydrogens (tertiary/aromatic N) is 1. The molecule has 0 saturated carbocycles. The van der Waals surface area contributed by atoms with Crippen LogP contribution in [0.15, 0.2) is 42.5 Å². The summed E-state index contributed by atoms with van der Waals surface area (Å²) in [6, 6.07) is 13.8. The second kappa shape index (κ2) is 9.60. The molecular formula is C20H19ClN2O4. The van der Waals surface area contributed by atoms with E-state index in [1.165, 1.54) is 23.8 Å². The summed E-state index contributed by atoms with van der Waals surface area (Å²) in [6.07, 6.45) is 0. The van der Waals surface area contributed by atoms with E-state index < -0.39 is 18.5 Å². The van der Waals surface area contributed by atoms with Gasteiger partial charge in [-0.3, -0.25) is 4.79 Å². The van der Waals surface area contributed by atoms with E-state index in [4.69, 9.17) is 26.3 Å². The number of amides is 1. The predicted octanol–water partition coefficient (Wildman–Crippen LogP) is 3.90. The maximum Gasteiger partial charge on any atom is 0.344 e. The van der Waals surface area contributed by atoms with Gasteiger partial charge in [-0.1, -0.05) is 37.6 Å². The van der Waals surface area contributed by atoms with Gasteiger partial charge in [0.15, 0.2) is 13.2 Å². The van der Waals surface area contributed by atoms with Gasteiger partial charge in [0.1, 0.15) is 11.8 Å². The van der Waals surface area contributed by atoms with Gasteiger partial charge in [-0.25, -0.2) is 4.79 Å². The first-order valence-corrected chi connectivity index (χ1v) is 8.64. The maximum absolute atomic E-state index is 11.8. The molecule has 0 aliphatic heterocycles. The number of rotatable bonds is 7. The number of halogens is 1. The highest BCUT2D eigenvalue weighted by Crippen LogP contribution is 2.20. The molecule has 0 saturated heterocycles. The van der Waals surface area contributed by atoms with Crippen LogP contribution in [0.3, 0.4) is 0 Å². The molecule has 140 valence electrons. The van der Waals surface area contributed by atoms with Crippen LogP contribution in [0, 0.1) is 11.3 Å². The fourth-order valence-corrected chi connectivity index (χ4v) is 2.38. The van der Waals surface area contributed by atoms with Crippen molar-refractivity contribution in [2.75, 3.05) is 18.5 Å². The number of esters is 1. The predicted molar refractivity (Wildman–Crippen MR) is 102 cm³/mol. The number of carbonyl (C=O) groups is 2. The molecule has 0 bridgehead atoms. The molecule has 0 atom stereocenters. The lowest BCUT2D eigenvalue weighted by molar-refractivity contribution is -0.149. The Hall–Kier alpha value is -3.04. The van der Waals surface area contributed by atoms with Gasteiger partial charge in [0.2, 0.25) is 0 Å². The summed E-state index contributed by atoms with van der Waals surface area (Å²) in [5.74, 6) is -0.220. The smallest absolute Gasteiger partial charge is 0.344 e. The summed E-state index contributed by atoms with van der Waals surface area (Å²) in [5, 5.41) is 11.6. The molecule has 0 aliphatic carbocycles. The first-order valence-electron chi connectivity index (χ1n) is 8.27. The largest absolute Gasteiger partial charge is 0.482 e. The van der Waals surface area contributed by atoms with Crippen molar-refractivity contribution >= 4 is 29.2 Å². The zero-order valence-corrected chi connectivity index (χ0v) is 15.7. The SMILES string of the molecule is CC(C)c1ccc(OCC(=O)OCC(=O)Nc2ccc(C#N)c(Cl)c2)cc1. The summed E-state index contributed by atoms with van der Waals surface area (Å²) < 4.78 is 10.2. The number of anilines is 1. The number of nitrogens with one attached hydrogen (secondary N) is 1. The molecule has 6 nitrogen and oxygen atoms in total. The van der Waals surface area contributed by atoms with E-state index in [9.17, 15) is 9.59 Å². The van der Waals surface area contributed by atoms with Crippen LogP contribution in [0.5, 0.6) is 5.75 Å². The van der Waals surface area contributed by atoms with Gasteiger partial charge in [0.25, 0.3) is 5.91 Å². The summed E-state index contributed by atoms with van der Waals surface area (Å²) in [5.41, 5.74) is 1.88. The Morgan fingerprint density at radius 2 is 1.85 bits per heavy atom. The second-order valence-electron chi connectivity index (χ2n) is 6.03. The maximum atomic E-state index is 11.8. The van der Waals surface area contributed by atoms with Crippen LogP contribution >= 0.6 is 11.6 Å². The third kappa shape index (κ3) is 6.32. The molecule has 27 heavy (non-hydrogen) atoms. The van der Waals surface area contributed by atoms with Gasteiger partial charge in [-0.2, -0.15) is 5.26 Å². The van der Waals surface area contributed by atoms with Crippen molar-refractivity contribution < 1.29 is 19.1 Å². The number of carbonyl (C=O) groups excluding carboxylic acids is 2. The van der Waals surface area contributed by atoms with Crippen molar-refractivity contribution in [1.29, 1.82) is 5.26 Å². The highest BCUT2D eigenvalue weighted by Gasteiger charge is 2.10. The average molecular weight is 387 g/mol. The van der Waals surface area contributed by atoms with Crippen molar-refractivity contribution in [3.8, 4) is 11.8 Å². The molecular weight excluding hydrogens is 368 g/mol. The highest BCUT2D eigenvalue weighted by molar-refractivity contribution is 6.32. The quantitative estimate of drug-likeness (QED) is 0.729.